The van der Waals surface area contributed by atoms with Gasteiger partial charge in [0.15, 0.2) is 0 Å². The molecule has 0 aliphatic carbocycles. The number of hydrogen-bond donors (Lipinski definition) is 2. The van der Waals surface area contributed by atoms with E-state index < -0.39 is 0 Å². The van der Waals surface area contributed by atoms with Crippen molar-refractivity contribution in [2.75, 3.05) is 24.3 Å². The van der Waals surface area contributed by atoms with Gasteiger partial charge in [0.05, 0.1) is 18.8 Å². The van der Waals surface area contributed by atoms with Crippen molar-refractivity contribution < 1.29 is 4.74 Å². The van der Waals surface area contributed by atoms with E-state index in [1.165, 1.54) is 0 Å². The molecule has 2 rings (SSSR count). The number of nitrogens with zero attached hydrogens (tertiary/aromatic N) is 4. The number of ether oxygens (including phenoxy) is 1. The number of anilines is 2. The predicted molar refractivity (Wildman–Crippen MR) is 76.8 cm³/mol. The summed E-state index contributed by atoms with van der Waals surface area (Å²) in [6, 6.07) is 4.22. The number of nitrogens with one attached hydrogen (secondary N) is 2. The summed E-state index contributed by atoms with van der Waals surface area (Å²) < 4.78 is 5.31. The van der Waals surface area contributed by atoms with Crippen molar-refractivity contribution in [2.24, 2.45) is 0 Å². The van der Waals surface area contributed by atoms with Crippen molar-refractivity contribution in [3.8, 4) is 6.01 Å². The first kappa shape index (κ1) is 14.0. The number of hydrogen-bond acceptors (Lipinski definition) is 7. The molecule has 2 N–H and O–H groups in total. The van der Waals surface area contributed by atoms with Crippen LogP contribution in [0.1, 0.15) is 18.2 Å². The maximum Gasteiger partial charge on any atom is 0.323 e. The van der Waals surface area contributed by atoms with Gasteiger partial charge in [-0.3, -0.25) is 4.98 Å². The first-order valence-corrected chi connectivity index (χ1v) is 6.44. The molecule has 0 amide bonds. The summed E-state index contributed by atoms with van der Waals surface area (Å²) in [7, 11) is 1.75. The molecule has 0 saturated heterocycles. The zero-order valence-corrected chi connectivity index (χ0v) is 11.8. The summed E-state index contributed by atoms with van der Waals surface area (Å²) in [5.74, 6) is 0.918. The molecule has 2 aromatic rings. The summed E-state index contributed by atoms with van der Waals surface area (Å²) in [5.41, 5.74) is 2.07. The van der Waals surface area contributed by atoms with E-state index in [-0.39, 0.29) is 0 Å². The topological polar surface area (TPSA) is 84.9 Å². The third-order valence-corrected chi connectivity index (χ3v) is 2.64. The molecule has 0 bridgehead atoms. The predicted octanol–water partition coefficient (Wildman–Crippen LogP) is 1.63. The molecular formula is C13H18N6O. The van der Waals surface area contributed by atoms with E-state index in [9.17, 15) is 0 Å². The Morgan fingerprint density at radius 3 is 2.70 bits per heavy atom. The molecule has 7 heteroatoms. The van der Waals surface area contributed by atoms with Crippen molar-refractivity contribution >= 4 is 11.9 Å². The summed E-state index contributed by atoms with van der Waals surface area (Å²) in [4.78, 5) is 16.8. The maximum atomic E-state index is 5.31. The van der Waals surface area contributed by atoms with E-state index >= 15 is 0 Å². The Labute approximate surface area is 117 Å². The summed E-state index contributed by atoms with van der Waals surface area (Å²) >= 11 is 0. The lowest BCUT2D eigenvalue weighted by Crippen LogP contribution is -2.10. The van der Waals surface area contributed by atoms with Gasteiger partial charge in [-0.15, -0.1) is 0 Å². The molecule has 0 aromatic carbocycles. The average Bonchev–Trinajstić information content (AvgIpc) is 2.46. The summed E-state index contributed by atoms with van der Waals surface area (Å²) in [6.07, 6.45) is 1.77. The van der Waals surface area contributed by atoms with E-state index in [0.29, 0.717) is 31.1 Å². The molecule has 0 aliphatic heterocycles. The first-order chi connectivity index (χ1) is 9.72. The van der Waals surface area contributed by atoms with E-state index in [0.717, 1.165) is 11.3 Å². The number of aromatic nitrogens is 4. The Kier molecular flexibility index (Phi) is 4.65. The maximum absolute atomic E-state index is 5.31. The van der Waals surface area contributed by atoms with Gasteiger partial charge in [0, 0.05) is 13.2 Å². The highest BCUT2D eigenvalue weighted by atomic mass is 16.5. The molecule has 0 saturated carbocycles. The lowest BCUT2D eigenvalue weighted by Gasteiger charge is -2.09. The SMILES string of the molecule is CCOc1nc(NC)nc(NCc2ncccc2C)n1. The van der Waals surface area contributed by atoms with Crippen LogP contribution >= 0.6 is 0 Å². The van der Waals surface area contributed by atoms with Crippen LogP contribution in [-0.4, -0.2) is 33.6 Å². The Bertz CT molecular complexity index is 575. The largest absolute Gasteiger partial charge is 0.464 e. The van der Waals surface area contributed by atoms with E-state index in [1.807, 2.05) is 26.0 Å². The average molecular weight is 274 g/mol. The van der Waals surface area contributed by atoms with Crippen molar-refractivity contribution in [3.63, 3.8) is 0 Å². The van der Waals surface area contributed by atoms with Crippen LogP contribution in [0, 0.1) is 6.92 Å². The van der Waals surface area contributed by atoms with Crippen molar-refractivity contribution in [2.45, 2.75) is 20.4 Å². The second-order valence-corrected chi connectivity index (χ2v) is 4.07. The lowest BCUT2D eigenvalue weighted by molar-refractivity contribution is 0.312. The standard InChI is InChI=1S/C13H18N6O/c1-4-20-13-18-11(14-3)17-12(19-13)16-8-10-9(2)6-5-7-15-10/h5-7H,4,8H2,1-3H3,(H2,14,16,17,18,19). The van der Waals surface area contributed by atoms with Gasteiger partial charge in [-0.2, -0.15) is 15.0 Å². The third kappa shape index (κ3) is 3.53. The minimum absolute atomic E-state index is 0.298. The zero-order valence-electron chi connectivity index (χ0n) is 11.8. The highest BCUT2D eigenvalue weighted by Gasteiger charge is 2.07. The fourth-order valence-electron chi connectivity index (χ4n) is 1.61. The minimum atomic E-state index is 0.298. The fraction of sp³-hybridized carbons (Fsp3) is 0.385. The molecule has 0 spiro atoms. The number of aryl methyl sites for hydroxylation is 1. The molecule has 106 valence electrons. The van der Waals surface area contributed by atoms with Gasteiger partial charge in [0.2, 0.25) is 11.9 Å². The van der Waals surface area contributed by atoms with Crippen LogP contribution < -0.4 is 15.4 Å². The number of rotatable bonds is 6. The van der Waals surface area contributed by atoms with Crippen LogP contribution in [0.2, 0.25) is 0 Å². The van der Waals surface area contributed by atoms with Crippen molar-refractivity contribution in [3.05, 3.63) is 29.6 Å². The molecule has 0 fully saturated rings. The molecule has 7 nitrogen and oxygen atoms in total. The Balaban J connectivity index is 2.12. The van der Waals surface area contributed by atoms with Crippen LogP contribution in [0.4, 0.5) is 11.9 Å². The van der Waals surface area contributed by atoms with Gasteiger partial charge < -0.3 is 15.4 Å². The van der Waals surface area contributed by atoms with Gasteiger partial charge in [0.1, 0.15) is 0 Å². The lowest BCUT2D eigenvalue weighted by atomic mass is 10.2. The molecular weight excluding hydrogens is 256 g/mol. The van der Waals surface area contributed by atoms with Gasteiger partial charge >= 0.3 is 6.01 Å². The second kappa shape index (κ2) is 6.65. The molecule has 0 radical (unpaired) electrons. The Morgan fingerprint density at radius 2 is 2.00 bits per heavy atom. The first-order valence-electron chi connectivity index (χ1n) is 6.44. The minimum Gasteiger partial charge on any atom is -0.464 e. The fourth-order valence-corrected chi connectivity index (χ4v) is 1.61. The zero-order chi connectivity index (χ0) is 14.4. The Morgan fingerprint density at radius 1 is 1.20 bits per heavy atom. The van der Waals surface area contributed by atoms with Gasteiger partial charge in [-0.1, -0.05) is 6.07 Å². The molecule has 20 heavy (non-hydrogen) atoms. The van der Waals surface area contributed by atoms with Crippen LogP contribution in [0.3, 0.4) is 0 Å². The molecule has 0 atom stereocenters. The molecule has 2 aromatic heterocycles. The normalized spacial score (nSPS) is 10.2. The Hall–Kier alpha value is -2.44. The monoisotopic (exact) mass is 274 g/mol. The van der Waals surface area contributed by atoms with Gasteiger partial charge in [0.25, 0.3) is 0 Å². The second-order valence-electron chi connectivity index (χ2n) is 4.07. The van der Waals surface area contributed by atoms with Crippen LogP contribution in [-0.2, 0) is 6.54 Å². The van der Waals surface area contributed by atoms with Crippen LogP contribution in [0.5, 0.6) is 6.01 Å². The molecule has 0 unspecified atom stereocenters. The molecule has 0 aliphatic rings. The third-order valence-electron chi connectivity index (χ3n) is 2.64. The van der Waals surface area contributed by atoms with Gasteiger partial charge in [-0.05, 0) is 25.5 Å². The van der Waals surface area contributed by atoms with E-state index in [2.05, 4.69) is 30.6 Å². The highest BCUT2D eigenvalue weighted by Crippen LogP contribution is 2.12. The smallest absolute Gasteiger partial charge is 0.323 e. The summed E-state index contributed by atoms with van der Waals surface area (Å²) in [6.45, 7) is 4.95. The number of pyridine rings is 1. The highest BCUT2D eigenvalue weighted by molar-refractivity contribution is 5.36. The quantitative estimate of drug-likeness (QED) is 0.828. The van der Waals surface area contributed by atoms with Crippen molar-refractivity contribution in [1.82, 2.24) is 19.9 Å². The summed E-state index contributed by atoms with van der Waals surface area (Å²) in [5, 5.41) is 6.01. The molecule has 2 heterocycles. The van der Waals surface area contributed by atoms with Crippen LogP contribution in [0.25, 0.3) is 0 Å². The van der Waals surface area contributed by atoms with Gasteiger partial charge in [-0.25, -0.2) is 0 Å². The van der Waals surface area contributed by atoms with Crippen LogP contribution in [0.15, 0.2) is 18.3 Å². The van der Waals surface area contributed by atoms with E-state index in [4.69, 9.17) is 4.74 Å². The van der Waals surface area contributed by atoms with Crippen molar-refractivity contribution in [1.29, 1.82) is 0 Å². The van der Waals surface area contributed by atoms with E-state index in [1.54, 1.807) is 13.2 Å².